The number of aliphatic hydroxyl groups excluding tert-OH is 1. The normalized spacial score (nSPS) is 20.9. The molecule has 4 heteroatoms. The first-order chi connectivity index (χ1) is 7.29. The van der Waals surface area contributed by atoms with Crippen molar-refractivity contribution >= 4 is 5.82 Å². The van der Waals surface area contributed by atoms with Crippen LogP contribution >= 0.6 is 0 Å². The molecule has 1 aromatic heterocycles. The van der Waals surface area contributed by atoms with Crippen molar-refractivity contribution in [2.75, 3.05) is 24.6 Å². The van der Waals surface area contributed by atoms with Crippen LogP contribution in [0.4, 0.5) is 5.82 Å². The molecule has 0 radical (unpaired) electrons. The van der Waals surface area contributed by atoms with Crippen LogP contribution in [0.1, 0.15) is 18.5 Å². The van der Waals surface area contributed by atoms with Gasteiger partial charge < -0.3 is 10.0 Å². The second-order valence-electron chi connectivity index (χ2n) is 4.13. The van der Waals surface area contributed by atoms with Crippen molar-refractivity contribution < 1.29 is 5.11 Å². The zero-order valence-corrected chi connectivity index (χ0v) is 9.06. The van der Waals surface area contributed by atoms with Crippen molar-refractivity contribution in [2.45, 2.75) is 19.8 Å². The van der Waals surface area contributed by atoms with Gasteiger partial charge in [-0.1, -0.05) is 0 Å². The quantitative estimate of drug-likeness (QED) is 0.803. The molecule has 1 N–H and O–H groups in total. The molecule has 0 aliphatic carbocycles. The Labute approximate surface area is 90.0 Å². The minimum absolute atomic E-state index is 0.293. The number of rotatable bonds is 3. The molecule has 1 aliphatic heterocycles. The van der Waals surface area contributed by atoms with Crippen LogP contribution in [-0.2, 0) is 0 Å². The molecule has 82 valence electrons. The summed E-state index contributed by atoms with van der Waals surface area (Å²) < 4.78 is 0. The van der Waals surface area contributed by atoms with E-state index in [1.807, 2.05) is 13.0 Å². The first-order valence-corrected chi connectivity index (χ1v) is 5.44. The Hall–Kier alpha value is -1.16. The molecule has 2 rings (SSSR count). The summed E-state index contributed by atoms with van der Waals surface area (Å²) in [5.74, 6) is 1.63. The molecule has 1 aromatic rings. The number of aromatic nitrogens is 2. The predicted molar refractivity (Wildman–Crippen MR) is 58.8 cm³/mol. The summed E-state index contributed by atoms with van der Waals surface area (Å²) in [5.41, 5.74) is 1.01. The Bertz CT molecular complexity index is 329. The zero-order valence-electron chi connectivity index (χ0n) is 9.06. The summed E-state index contributed by atoms with van der Waals surface area (Å²) in [5, 5.41) is 8.88. The fourth-order valence-corrected chi connectivity index (χ4v) is 2.07. The molecule has 0 saturated carbocycles. The average molecular weight is 207 g/mol. The van der Waals surface area contributed by atoms with Gasteiger partial charge in [0.2, 0.25) is 0 Å². The van der Waals surface area contributed by atoms with Gasteiger partial charge in [0.15, 0.2) is 0 Å². The Morgan fingerprint density at radius 1 is 1.53 bits per heavy atom. The van der Waals surface area contributed by atoms with Gasteiger partial charge in [0.25, 0.3) is 0 Å². The fourth-order valence-electron chi connectivity index (χ4n) is 2.07. The highest BCUT2D eigenvalue weighted by molar-refractivity contribution is 5.39. The van der Waals surface area contributed by atoms with Crippen molar-refractivity contribution in [3.05, 3.63) is 18.1 Å². The van der Waals surface area contributed by atoms with Crippen LogP contribution in [0, 0.1) is 12.8 Å². The van der Waals surface area contributed by atoms with E-state index in [9.17, 15) is 0 Å². The van der Waals surface area contributed by atoms with E-state index in [1.54, 1.807) is 6.33 Å². The molecule has 2 heterocycles. The molecule has 15 heavy (non-hydrogen) atoms. The molecule has 0 spiro atoms. The van der Waals surface area contributed by atoms with Gasteiger partial charge in [0.05, 0.1) is 0 Å². The van der Waals surface area contributed by atoms with E-state index in [0.29, 0.717) is 12.5 Å². The maximum absolute atomic E-state index is 8.88. The maximum Gasteiger partial charge on any atom is 0.132 e. The van der Waals surface area contributed by atoms with Gasteiger partial charge in [-0.05, 0) is 25.7 Å². The molecule has 1 atom stereocenters. The summed E-state index contributed by atoms with van der Waals surface area (Å²) in [4.78, 5) is 10.6. The van der Waals surface area contributed by atoms with Gasteiger partial charge in [-0.3, -0.25) is 0 Å². The molecular formula is C11H17N3O. The van der Waals surface area contributed by atoms with E-state index in [-0.39, 0.29) is 0 Å². The largest absolute Gasteiger partial charge is 0.396 e. The van der Waals surface area contributed by atoms with Crippen LogP contribution in [0.25, 0.3) is 0 Å². The summed E-state index contributed by atoms with van der Waals surface area (Å²) in [6, 6.07) is 2.02. The third kappa shape index (κ3) is 2.45. The first-order valence-electron chi connectivity index (χ1n) is 5.44. The lowest BCUT2D eigenvalue weighted by molar-refractivity contribution is 0.263. The van der Waals surface area contributed by atoms with E-state index in [0.717, 1.165) is 37.4 Å². The van der Waals surface area contributed by atoms with Gasteiger partial charge in [-0.2, -0.15) is 0 Å². The van der Waals surface area contributed by atoms with E-state index < -0.39 is 0 Å². The van der Waals surface area contributed by atoms with Crippen LogP contribution in [-0.4, -0.2) is 34.8 Å². The third-order valence-corrected chi connectivity index (χ3v) is 2.94. The highest BCUT2D eigenvalue weighted by Gasteiger charge is 2.22. The van der Waals surface area contributed by atoms with Crippen LogP contribution in [0.15, 0.2) is 12.4 Å². The molecule has 0 amide bonds. The standard InChI is InChI=1S/C11H17N3O/c1-9-6-11(13-8-12-9)14-4-2-10(7-14)3-5-15/h6,8,10,15H,2-5,7H2,1H3. The topological polar surface area (TPSA) is 49.2 Å². The van der Waals surface area contributed by atoms with Gasteiger partial charge in [-0.25, -0.2) is 9.97 Å². The Morgan fingerprint density at radius 3 is 3.13 bits per heavy atom. The third-order valence-electron chi connectivity index (χ3n) is 2.94. The Balaban J connectivity index is 2.01. The Kier molecular flexibility index (Phi) is 3.16. The maximum atomic E-state index is 8.88. The number of hydrogen-bond donors (Lipinski definition) is 1. The number of hydrogen-bond acceptors (Lipinski definition) is 4. The molecule has 0 aromatic carbocycles. The van der Waals surface area contributed by atoms with Gasteiger partial charge in [0, 0.05) is 31.5 Å². The lowest BCUT2D eigenvalue weighted by atomic mass is 10.1. The predicted octanol–water partition coefficient (Wildman–Crippen LogP) is 0.994. The van der Waals surface area contributed by atoms with Crippen LogP contribution in [0.3, 0.4) is 0 Å². The highest BCUT2D eigenvalue weighted by Crippen LogP contribution is 2.23. The number of aryl methyl sites for hydroxylation is 1. The van der Waals surface area contributed by atoms with Gasteiger partial charge >= 0.3 is 0 Å². The summed E-state index contributed by atoms with van der Waals surface area (Å²) in [7, 11) is 0. The molecule has 1 unspecified atom stereocenters. The van der Waals surface area contributed by atoms with Crippen molar-refractivity contribution in [1.82, 2.24) is 9.97 Å². The molecule has 1 aliphatic rings. The second kappa shape index (κ2) is 4.57. The Morgan fingerprint density at radius 2 is 2.40 bits per heavy atom. The lowest BCUT2D eigenvalue weighted by Crippen LogP contribution is -2.21. The van der Waals surface area contributed by atoms with E-state index in [1.165, 1.54) is 0 Å². The van der Waals surface area contributed by atoms with E-state index in [4.69, 9.17) is 5.11 Å². The SMILES string of the molecule is Cc1cc(N2CCC(CCO)C2)ncn1. The number of nitrogens with zero attached hydrogens (tertiary/aromatic N) is 3. The number of aliphatic hydroxyl groups is 1. The van der Waals surface area contributed by atoms with E-state index in [2.05, 4.69) is 14.9 Å². The van der Waals surface area contributed by atoms with Crippen LogP contribution < -0.4 is 4.90 Å². The number of anilines is 1. The summed E-state index contributed by atoms with van der Waals surface area (Å²) in [6.45, 7) is 4.33. The summed E-state index contributed by atoms with van der Waals surface area (Å²) in [6.07, 6.45) is 3.67. The minimum atomic E-state index is 0.293. The fraction of sp³-hybridized carbons (Fsp3) is 0.636. The lowest BCUT2D eigenvalue weighted by Gasteiger charge is -2.17. The molecule has 1 fully saturated rings. The van der Waals surface area contributed by atoms with Gasteiger partial charge in [-0.15, -0.1) is 0 Å². The van der Waals surface area contributed by atoms with Crippen molar-refractivity contribution in [1.29, 1.82) is 0 Å². The molecular weight excluding hydrogens is 190 g/mol. The van der Waals surface area contributed by atoms with Gasteiger partial charge in [0.1, 0.15) is 12.1 Å². The summed E-state index contributed by atoms with van der Waals surface area (Å²) >= 11 is 0. The first kappa shape index (κ1) is 10.4. The minimum Gasteiger partial charge on any atom is -0.396 e. The average Bonchev–Trinajstić information content (AvgIpc) is 2.67. The highest BCUT2D eigenvalue weighted by atomic mass is 16.3. The van der Waals surface area contributed by atoms with Crippen molar-refractivity contribution in [3.63, 3.8) is 0 Å². The van der Waals surface area contributed by atoms with Crippen molar-refractivity contribution in [3.8, 4) is 0 Å². The smallest absolute Gasteiger partial charge is 0.132 e. The van der Waals surface area contributed by atoms with E-state index >= 15 is 0 Å². The molecule has 4 nitrogen and oxygen atoms in total. The molecule has 0 bridgehead atoms. The monoisotopic (exact) mass is 207 g/mol. The van der Waals surface area contributed by atoms with Crippen LogP contribution in [0.5, 0.6) is 0 Å². The zero-order chi connectivity index (χ0) is 10.7. The van der Waals surface area contributed by atoms with Crippen LogP contribution in [0.2, 0.25) is 0 Å². The second-order valence-corrected chi connectivity index (χ2v) is 4.13. The molecule has 1 saturated heterocycles. The van der Waals surface area contributed by atoms with Crippen molar-refractivity contribution in [2.24, 2.45) is 5.92 Å².